The number of ether oxygens (including phenoxy) is 1. The molecule has 0 saturated heterocycles. The molecule has 0 heterocycles. The molecule has 0 aromatic carbocycles. The average Bonchev–Trinajstić information content (AvgIpc) is 2.50. The van der Waals surface area contributed by atoms with Crippen molar-refractivity contribution in [2.75, 3.05) is 13.7 Å². The largest absolute Gasteiger partial charge is 0.466 e. The van der Waals surface area contributed by atoms with Crippen molar-refractivity contribution in [3.05, 3.63) is 60.8 Å². The van der Waals surface area contributed by atoms with Gasteiger partial charge in [-0.15, -0.1) is 0 Å². The van der Waals surface area contributed by atoms with Crippen LogP contribution in [-0.4, -0.2) is 28.0 Å². The van der Waals surface area contributed by atoms with Gasteiger partial charge in [0.1, 0.15) is 0 Å². The molecular weight excluding hydrogens is 316 g/mol. The van der Waals surface area contributed by atoms with Crippen LogP contribution >= 0.6 is 0 Å². The second-order valence-electron chi connectivity index (χ2n) is 6.86. The molecule has 0 bridgehead atoms. The fourth-order valence-electron chi connectivity index (χ4n) is 1.36. The predicted molar refractivity (Wildman–Crippen MR) is 105 cm³/mol. The fraction of sp³-hybridized carbons (Fsp3) is 0.450. The summed E-state index contributed by atoms with van der Waals surface area (Å²) in [6.07, 6.45) is 19.5. The Hall–Kier alpha value is -1.65. The number of carbonyl (C=O) groups is 1. The lowest BCUT2D eigenvalue weighted by molar-refractivity contribution is -0.134. The van der Waals surface area contributed by atoms with E-state index in [-0.39, 0.29) is 11.0 Å². The molecule has 0 saturated carbocycles. The lowest BCUT2D eigenvalue weighted by Crippen LogP contribution is -2.40. The van der Waals surface area contributed by atoms with E-state index in [1.54, 1.807) is 12.2 Å². The number of allylic oxidation sites excluding steroid dienone is 8. The minimum atomic E-state index is -1.62. The summed E-state index contributed by atoms with van der Waals surface area (Å²) in [5.41, 5.74) is 0. The van der Waals surface area contributed by atoms with Crippen molar-refractivity contribution in [2.24, 2.45) is 0 Å². The molecule has 0 rings (SSSR count). The Morgan fingerprint density at radius 3 is 1.92 bits per heavy atom. The first kappa shape index (κ1) is 22.3. The zero-order chi connectivity index (χ0) is 18.5. The summed E-state index contributed by atoms with van der Waals surface area (Å²) in [5.74, 6) is -0.355. The molecule has 0 aliphatic rings. The molecule has 24 heavy (non-hydrogen) atoms. The Kier molecular flexibility index (Phi) is 11.0. The van der Waals surface area contributed by atoms with Crippen molar-refractivity contribution >= 4 is 14.3 Å². The summed E-state index contributed by atoms with van der Waals surface area (Å²) in [6.45, 7) is 12.1. The summed E-state index contributed by atoms with van der Waals surface area (Å²) < 4.78 is 10.6. The van der Waals surface area contributed by atoms with Gasteiger partial charge in [-0.2, -0.15) is 0 Å². The SMILES string of the molecule is COC(=O)\C=C/C=C/C=C/C=C/C=C/CCO[Si](C)(C)C(C)(C)C. The summed E-state index contributed by atoms with van der Waals surface area (Å²) in [5, 5.41) is 0.265. The van der Waals surface area contributed by atoms with Gasteiger partial charge in [-0.3, -0.25) is 0 Å². The Bertz CT molecular complexity index is 503. The second-order valence-corrected chi connectivity index (χ2v) is 11.7. The van der Waals surface area contributed by atoms with Gasteiger partial charge in [-0.25, -0.2) is 4.79 Å². The smallest absolute Gasteiger partial charge is 0.330 e. The van der Waals surface area contributed by atoms with Gasteiger partial charge >= 0.3 is 5.97 Å². The maximum Gasteiger partial charge on any atom is 0.330 e. The second kappa shape index (κ2) is 11.8. The molecule has 0 fully saturated rings. The average molecular weight is 349 g/mol. The molecule has 134 valence electrons. The van der Waals surface area contributed by atoms with Crippen LogP contribution in [0.25, 0.3) is 0 Å². The lowest BCUT2D eigenvalue weighted by atomic mass is 10.2. The van der Waals surface area contributed by atoms with Crippen LogP contribution in [0.3, 0.4) is 0 Å². The summed E-state index contributed by atoms with van der Waals surface area (Å²) in [4.78, 5) is 10.8. The summed E-state index contributed by atoms with van der Waals surface area (Å²) >= 11 is 0. The van der Waals surface area contributed by atoms with E-state index in [0.29, 0.717) is 0 Å². The number of esters is 1. The topological polar surface area (TPSA) is 35.5 Å². The maximum absolute atomic E-state index is 10.8. The van der Waals surface area contributed by atoms with Crippen molar-refractivity contribution in [1.29, 1.82) is 0 Å². The quantitative estimate of drug-likeness (QED) is 0.185. The van der Waals surface area contributed by atoms with E-state index in [9.17, 15) is 4.79 Å². The molecule has 0 aliphatic carbocycles. The zero-order valence-corrected chi connectivity index (χ0v) is 16.9. The van der Waals surface area contributed by atoms with Crippen molar-refractivity contribution in [2.45, 2.75) is 45.3 Å². The molecule has 0 spiro atoms. The predicted octanol–water partition coefficient (Wildman–Crippen LogP) is 5.35. The third-order valence-corrected chi connectivity index (χ3v) is 8.44. The molecule has 0 N–H and O–H groups in total. The van der Waals surface area contributed by atoms with Crippen LogP contribution < -0.4 is 0 Å². The molecule has 3 nitrogen and oxygen atoms in total. The fourth-order valence-corrected chi connectivity index (χ4v) is 2.42. The van der Waals surface area contributed by atoms with E-state index in [1.807, 2.05) is 36.5 Å². The number of hydrogen-bond donors (Lipinski definition) is 0. The van der Waals surface area contributed by atoms with Crippen LogP contribution in [0.4, 0.5) is 0 Å². The Balaban J connectivity index is 3.94. The van der Waals surface area contributed by atoms with Crippen LogP contribution in [-0.2, 0) is 14.0 Å². The summed E-state index contributed by atoms with van der Waals surface area (Å²) in [7, 11) is -0.262. The van der Waals surface area contributed by atoms with Crippen molar-refractivity contribution < 1.29 is 14.0 Å². The molecular formula is C20H32O3Si. The highest BCUT2D eigenvalue weighted by Gasteiger charge is 2.36. The van der Waals surface area contributed by atoms with Gasteiger partial charge in [0, 0.05) is 12.7 Å². The van der Waals surface area contributed by atoms with Gasteiger partial charge in [0.05, 0.1) is 7.11 Å². The third-order valence-electron chi connectivity index (χ3n) is 3.90. The van der Waals surface area contributed by atoms with Gasteiger partial charge < -0.3 is 9.16 Å². The molecule has 0 radical (unpaired) electrons. The number of carbonyl (C=O) groups excluding carboxylic acids is 1. The van der Waals surface area contributed by atoms with Crippen LogP contribution in [0.15, 0.2) is 60.8 Å². The molecule has 4 heteroatoms. The van der Waals surface area contributed by atoms with Gasteiger partial charge in [0.25, 0.3) is 0 Å². The van der Waals surface area contributed by atoms with E-state index in [2.05, 4.69) is 44.7 Å². The van der Waals surface area contributed by atoms with E-state index >= 15 is 0 Å². The number of methoxy groups -OCH3 is 1. The maximum atomic E-state index is 10.8. The number of hydrogen-bond acceptors (Lipinski definition) is 3. The number of rotatable bonds is 9. The first-order valence-electron chi connectivity index (χ1n) is 8.26. The molecule has 0 aromatic rings. The van der Waals surface area contributed by atoms with Crippen LogP contribution in [0, 0.1) is 0 Å². The highest BCUT2D eigenvalue weighted by atomic mass is 28.4. The minimum Gasteiger partial charge on any atom is -0.466 e. The van der Waals surface area contributed by atoms with Gasteiger partial charge in [-0.1, -0.05) is 75.5 Å². The van der Waals surface area contributed by atoms with Crippen molar-refractivity contribution in [3.8, 4) is 0 Å². The molecule has 0 atom stereocenters. The molecule has 0 amide bonds. The van der Waals surface area contributed by atoms with Crippen LogP contribution in [0.5, 0.6) is 0 Å². The monoisotopic (exact) mass is 348 g/mol. The minimum absolute atomic E-state index is 0.265. The van der Waals surface area contributed by atoms with Gasteiger partial charge in [-0.05, 0) is 24.6 Å². The highest BCUT2D eigenvalue weighted by molar-refractivity contribution is 6.74. The third kappa shape index (κ3) is 11.0. The highest BCUT2D eigenvalue weighted by Crippen LogP contribution is 2.36. The normalized spacial score (nSPS) is 14.1. The van der Waals surface area contributed by atoms with E-state index < -0.39 is 8.32 Å². The van der Waals surface area contributed by atoms with Crippen LogP contribution in [0.1, 0.15) is 27.2 Å². The van der Waals surface area contributed by atoms with Gasteiger partial charge in [0.15, 0.2) is 8.32 Å². The van der Waals surface area contributed by atoms with Gasteiger partial charge in [0.2, 0.25) is 0 Å². The standard InChI is InChI=1S/C20H32O3Si/c1-20(2,3)24(5,6)23-18-16-14-12-10-8-7-9-11-13-15-17-19(21)22-4/h7-15,17H,16,18H2,1-6H3/b9-7+,10-8+,13-11+,14-12+,17-15-. The first-order valence-corrected chi connectivity index (χ1v) is 11.2. The van der Waals surface area contributed by atoms with E-state index in [1.165, 1.54) is 13.2 Å². The van der Waals surface area contributed by atoms with Crippen LogP contribution in [0.2, 0.25) is 18.1 Å². The Morgan fingerprint density at radius 1 is 0.917 bits per heavy atom. The molecule has 0 aromatic heterocycles. The molecule has 0 aliphatic heterocycles. The zero-order valence-electron chi connectivity index (χ0n) is 15.9. The van der Waals surface area contributed by atoms with E-state index in [4.69, 9.17) is 4.43 Å². The van der Waals surface area contributed by atoms with Crippen molar-refractivity contribution in [3.63, 3.8) is 0 Å². The van der Waals surface area contributed by atoms with E-state index in [0.717, 1.165) is 13.0 Å². The lowest BCUT2D eigenvalue weighted by Gasteiger charge is -2.36. The Labute approximate surface area is 148 Å². The Morgan fingerprint density at radius 2 is 1.42 bits per heavy atom. The summed E-state index contributed by atoms with van der Waals surface area (Å²) in [6, 6.07) is 0. The van der Waals surface area contributed by atoms with Crippen molar-refractivity contribution in [1.82, 2.24) is 0 Å². The molecule has 0 unspecified atom stereocenters. The first-order chi connectivity index (χ1) is 11.2.